The van der Waals surface area contributed by atoms with Gasteiger partial charge in [0.25, 0.3) is 5.91 Å². The molecule has 0 aliphatic heterocycles. The lowest BCUT2D eigenvalue weighted by Crippen LogP contribution is -2.36. The van der Waals surface area contributed by atoms with Crippen LogP contribution >= 0.6 is 11.3 Å². The van der Waals surface area contributed by atoms with E-state index in [0.717, 1.165) is 22.0 Å². The summed E-state index contributed by atoms with van der Waals surface area (Å²) in [5.74, 6) is -0.164. The Kier molecular flexibility index (Phi) is 4.53. The standard InChI is InChI=1S/C17H21N5OS/c1-11-8-13(3)22(19-11)10-12(2)18-17(23)14-9-15(21(4)20-14)16-6-5-7-24-16/h5-9,12H,10H2,1-4H3,(H,18,23)/t12-/m0/s1. The summed E-state index contributed by atoms with van der Waals surface area (Å²) in [5.41, 5.74) is 3.45. The van der Waals surface area contributed by atoms with E-state index >= 15 is 0 Å². The number of hydrogen-bond donors (Lipinski definition) is 1. The average Bonchev–Trinajstić information content (AvgIpc) is 3.20. The summed E-state index contributed by atoms with van der Waals surface area (Å²) in [6.07, 6.45) is 0. The highest BCUT2D eigenvalue weighted by atomic mass is 32.1. The number of carbonyl (C=O) groups excluding carboxylic acids is 1. The van der Waals surface area contributed by atoms with Gasteiger partial charge in [-0.3, -0.25) is 14.2 Å². The molecule has 7 heteroatoms. The number of hydrogen-bond acceptors (Lipinski definition) is 4. The summed E-state index contributed by atoms with van der Waals surface area (Å²) >= 11 is 1.63. The Bertz CT molecular complexity index is 847. The first-order valence-electron chi connectivity index (χ1n) is 7.84. The lowest BCUT2D eigenvalue weighted by Gasteiger charge is -2.14. The second-order valence-electron chi connectivity index (χ2n) is 6.00. The highest BCUT2D eigenvalue weighted by molar-refractivity contribution is 7.13. The molecule has 0 fully saturated rings. The van der Waals surface area contributed by atoms with Crippen LogP contribution in [0.4, 0.5) is 0 Å². The number of aryl methyl sites for hydroxylation is 3. The first-order chi connectivity index (χ1) is 11.4. The first kappa shape index (κ1) is 16.4. The molecular weight excluding hydrogens is 322 g/mol. The Hall–Kier alpha value is -2.41. The molecule has 1 atom stereocenters. The van der Waals surface area contributed by atoms with Crippen LogP contribution in [0.15, 0.2) is 29.6 Å². The quantitative estimate of drug-likeness (QED) is 0.775. The lowest BCUT2D eigenvalue weighted by atomic mass is 10.2. The van der Waals surface area contributed by atoms with Crippen molar-refractivity contribution in [2.45, 2.75) is 33.4 Å². The molecule has 0 saturated carbocycles. The summed E-state index contributed by atoms with van der Waals surface area (Å²) in [6.45, 7) is 6.58. The van der Waals surface area contributed by atoms with Crippen LogP contribution in [-0.4, -0.2) is 31.5 Å². The summed E-state index contributed by atoms with van der Waals surface area (Å²) in [7, 11) is 1.85. The second-order valence-corrected chi connectivity index (χ2v) is 6.95. The van der Waals surface area contributed by atoms with Gasteiger partial charge in [0.15, 0.2) is 5.69 Å². The van der Waals surface area contributed by atoms with Gasteiger partial charge in [-0.05, 0) is 44.4 Å². The van der Waals surface area contributed by atoms with Crippen LogP contribution in [0.2, 0.25) is 0 Å². The Morgan fingerprint density at radius 3 is 2.75 bits per heavy atom. The normalized spacial score (nSPS) is 12.3. The third-order valence-corrected chi connectivity index (χ3v) is 4.71. The van der Waals surface area contributed by atoms with E-state index in [0.29, 0.717) is 12.2 Å². The zero-order valence-electron chi connectivity index (χ0n) is 14.3. The van der Waals surface area contributed by atoms with E-state index in [1.165, 1.54) is 0 Å². The second kappa shape index (κ2) is 6.60. The van der Waals surface area contributed by atoms with E-state index in [4.69, 9.17) is 0 Å². The minimum atomic E-state index is -0.164. The van der Waals surface area contributed by atoms with Gasteiger partial charge in [-0.25, -0.2) is 0 Å². The molecule has 1 amide bonds. The van der Waals surface area contributed by atoms with Crippen molar-refractivity contribution >= 4 is 17.2 Å². The number of thiophene rings is 1. The number of aromatic nitrogens is 4. The van der Waals surface area contributed by atoms with E-state index in [2.05, 4.69) is 15.5 Å². The van der Waals surface area contributed by atoms with Gasteiger partial charge >= 0.3 is 0 Å². The third kappa shape index (κ3) is 3.41. The van der Waals surface area contributed by atoms with E-state index in [1.54, 1.807) is 16.0 Å². The van der Waals surface area contributed by atoms with Crippen LogP contribution in [0.25, 0.3) is 10.6 Å². The van der Waals surface area contributed by atoms with Crippen molar-refractivity contribution in [3.63, 3.8) is 0 Å². The number of nitrogens with zero attached hydrogens (tertiary/aromatic N) is 4. The molecule has 0 unspecified atom stereocenters. The molecule has 3 rings (SSSR count). The predicted molar refractivity (Wildman–Crippen MR) is 95.2 cm³/mol. The molecule has 6 nitrogen and oxygen atoms in total. The zero-order valence-corrected chi connectivity index (χ0v) is 15.1. The van der Waals surface area contributed by atoms with Gasteiger partial charge in [-0.1, -0.05) is 6.07 Å². The van der Waals surface area contributed by atoms with Crippen molar-refractivity contribution < 1.29 is 4.79 Å². The largest absolute Gasteiger partial charge is 0.346 e. The predicted octanol–water partition coefficient (Wildman–Crippen LogP) is 2.78. The molecule has 0 aliphatic rings. The Morgan fingerprint density at radius 1 is 1.33 bits per heavy atom. The maximum atomic E-state index is 12.5. The maximum absolute atomic E-state index is 12.5. The molecule has 0 spiro atoms. The summed E-state index contributed by atoms with van der Waals surface area (Å²) < 4.78 is 3.65. The van der Waals surface area contributed by atoms with Crippen LogP contribution in [0, 0.1) is 13.8 Å². The molecule has 3 aromatic heterocycles. The van der Waals surface area contributed by atoms with Gasteiger partial charge in [0.05, 0.1) is 22.8 Å². The Morgan fingerprint density at radius 2 is 2.12 bits per heavy atom. The monoisotopic (exact) mass is 343 g/mol. The van der Waals surface area contributed by atoms with Crippen molar-refractivity contribution in [2.24, 2.45) is 7.05 Å². The van der Waals surface area contributed by atoms with Crippen LogP contribution in [0.3, 0.4) is 0 Å². The highest BCUT2D eigenvalue weighted by Crippen LogP contribution is 2.24. The van der Waals surface area contributed by atoms with Crippen molar-refractivity contribution in [1.29, 1.82) is 0 Å². The van der Waals surface area contributed by atoms with E-state index in [1.807, 2.05) is 62.1 Å². The summed E-state index contributed by atoms with van der Waals surface area (Å²) in [6, 6.07) is 7.83. The van der Waals surface area contributed by atoms with Gasteiger partial charge < -0.3 is 5.32 Å². The van der Waals surface area contributed by atoms with Gasteiger partial charge in [-0.2, -0.15) is 10.2 Å². The molecule has 3 aromatic rings. The SMILES string of the molecule is Cc1cc(C)n(C[C@H](C)NC(=O)c2cc(-c3cccs3)n(C)n2)n1. The fourth-order valence-electron chi connectivity index (χ4n) is 2.70. The van der Waals surface area contributed by atoms with Gasteiger partial charge in [0, 0.05) is 18.8 Å². The molecule has 1 N–H and O–H groups in total. The van der Waals surface area contributed by atoms with Gasteiger partial charge in [-0.15, -0.1) is 11.3 Å². The fourth-order valence-corrected chi connectivity index (χ4v) is 3.47. The van der Waals surface area contributed by atoms with Gasteiger partial charge in [0.2, 0.25) is 0 Å². The highest BCUT2D eigenvalue weighted by Gasteiger charge is 2.17. The molecule has 0 aromatic carbocycles. The minimum Gasteiger partial charge on any atom is -0.346 e. The number of nitrogens with one attached hydrogen (secondary N) is 1. The summed E-state index contributed by atoms with van der Waals surface area (Å²) in [4.78, 5) is 13.6. The molecule has 0 aliphatic carbocycles. The average molecular weight is 343 g/mol. The van der Waals surface area contributed by atoms with Crippen molar-refractivity contribution in [3.8, 4) is 10.6 Å². The molecular formula is C17H21N5OS. The Balaban J connectivity index is 1.69. The molecule has 0 radical (unpaired) electrons. The molecule has 126 valence electrons. The van der Waals surface area contributed by atoms with Crippen molar-refractivity contribution in [2.75, 3.05) is 0 Å². The maximum Gasteiger partial charge on any atom is 0.272 e. The van der Waals surface area contributed by atoms with Crippen LogP contribution in [0.5, 0.6) is 0 Å². The zero-order chi connectivity index (χ0) is 17.3. The number of amides is 1. The van der Waals surface area contributed by atoms with Crippen LogP contribution < -0.4 is 5.32 Å². The Labute approximate surface area is 145 Å². The smallest absolute Gasteiger partial charge is 0.272 e. The van der Waals surface area contributed by atoms with E-state index < -0.39 is 0 Å². The topological polar surface area (TPSA) is 64.7 Å². The first-order valence-corrected chi connectivity index (χ1v) is 8.72. The van der Waals surface area contributed by atoms with Crippen LogP contribution in [-0.2, 0) is 13.6 Å². The minimum absolute atomic E-state index is 0.0392. The summed E-state index contributed by atoms with van der Waals surface area (Å²) in [5, 5.41) is 13.8. The molecule has 3 heterocycles. The van der Waals surface area contributed by atoms with E-state index in [9.17, 15) is 4.79 Å². The number of rotatable bonds is 5. The fraction of sp³-hybridized carbons (Fsp3) is 0.353. The van der Waals surface area contributed by atoms with Crippen LogP contribution in [0.1, 0.15) is 28.8 Å². The molecule has 24 heavy (non-hydrogen) atoms. The lowest BCUT2D eigenvalue weighted by molar-refractivity contribution is 0.0930. The third-order valence-electron chi connectivity index (χ3n) is 3.81. The van der Waals surface area contributed by atoms with E-state index in [-0.39, 0.29) is 11.9 Å². The van der Waals surface area contributed by atoms with Gasteiger partial charge in [0.1, 0.15) is 0 Å². The molecule has 0 saturated heterocycles. The van der Waals surface area contributed by atoms with Crippen molar-refractivity contribution in [3.05, 3.63) is 46.7 Å². The number of carbonyl (C=O) groups is 1. The molecule has 0 bridgehead atoms. The van der Waals surface area contributed by atoms with Crippen molar-refractivity contribution in [1.82, 2.24) is 24.9 Å².